The molecule has 5 nitrogen and oxygen atoms in total. The Bertz CT molecular complexity index is 942. The third-order valence-electron chi connectivity index (χ3n) is 4.00. The molecule has 2 N–H and O–H groups in total. The van der Waals surface area contributed by atoms with E-state index >= 15 is 0 Å². The molecule has 144 valence electrons. The van der Waals surface area contributed by atoms with Crippen LogP contribution in [0.15, 0.2) is 65.3 Å². The smallest absolute Gasteiger partial charge is 0.251 e. The lowest BCUT2D eigenvalue weighted by Crippen LogP contribution is -2.35. The molecule has 0 aliphatic heterocycles. The van der Waals surface area contributed by atoms with Crippen LogP contribution < -0.4 is 10.6 Å². The van der Waals surface area contributed by atoms with E-state index in [0.717, 1.165) is 15.8 Å². The van der Waals surface area contributed by atoms with Crippen LogP contribution in [0.5, 0.6) is 0 Å². The highest BCUT2D eigenvalue weighted by Crippen LogP contribution is 2.22. The Labute approximate surface area is 176 Å². The Kier molecular flexibility index (Phi) is 6.95. The van der Waals surface area contributed by atoms with Gasteiger partial charge in [-0.15, -0.1) is 11.3 Å². The monoisotopic (exact) mass is 457 g/mol. The van der Waals surface area contributed by atoms with Gasteiger partial charge in [-0.05, 0) is 36.8 Å². The van der Waals surface area contributed by atoms with Gasteiger partial charge in [-0.2, -0.15) is 0 Å². The maximum Gasteiger partial charge on any atom is 0.251 e. The summed E-state index contributed by atoms with van der Waals surface area (Å²) in [6.45, 7) is 1.81. The number of nitrogens with one attached hydrogen (secondary N) is 2. The van der Waals surface area contributed by atoms with Crippen molar-refractivity contribution in [1.29, 1.82) is 0 Å². The molecule has 0 saturated heterocycles. The third-order valence-corrected chi connectivity index (χ3v) is 5.44. The van der Waals surface area contributed by atoms with Gasteiger partial charge in [-0.1, -0.05) is 46.3 Å². The summed E-state index contributed by atoms with van der Waals surface area (Å²) in [6, 6.07) is 16.8. The number of hydrogen-bond acceptors (Lipinski definition) is 4. The number of hydrogen-bond donors (Lipinski definition) is 2. The molecule has 0 unspecified atom stereocenters. The topological polar surface area (TPSA) is 71.1 Å². The van der Waals surface area contributed by atoms with Crippen LogP contribution in [0, 0.1) is 0 Å². The second-order valence-electron chi connectivity index (χ2n) is 6.43. The molecule has 3 aromatic rings. The summed E-state index contributed by atoms with van der Waals surface area (Å²) in [5, 5.41) is 6.21. The first-order valence-electron chi connectivity index (χ1n) is 8.84. The van der Waals surface area contributed by atoms with E-state index in [0.29, 0.717) is 10.7 Å². The Hall–Kier alpha value is -2.51. The molecule has 0 fully saturated rings. The Balaban J connectivity index is 1.48. The van der Waals surface area contributed by atoms with Gasteiger partial charge < -0.3 is 10.6 Å². The summed E-state index contributed by atoms with van der Waals surface area (Å²) in [7, 11) is 0. The number of benzene rings is 2. The SMILES string of the molecule is C[C@@H](CC(=O)Nc1ncc(Cc2ccc(Br)cc2)s1)NC(=O)c1ccccc1. The number of amides is 2. The maximum absolute atomic E-state index is 12.2. The van der Waals surface area contributed by atoms with Gasteiger partial charge in [-0.3, -0.25) is 9.59 Å². The fourth-order valence-corrected chi connectivity index (χ4v) is 3.77. The first-order chi connectivity index (χ1) is 13.5. The standard InChI is InChI=1S/C21H20BrN3O2S/c1-14(24-20(27)16-5-3-2-4-6-16)11-19(26)25-21-23-13-18(28-21)12-15-7-9-17(22)10-8-15/h2-10,13-14H,11-12H2,1H3,(H,24,27)(H,23,25,26)/t14-/m0/s1. The van der Waals surface area contributed by atoms with E-state index in [2.05, 4.69) is 43.7 Å². The molecule has 1 atom stereocenters. The van der Waals surface area contributed by atoms with Crippen molar-refractivity contribution in [3.8, 4) is 0 Å². The highest BCUT2D eigenvalue weighted by Gasteiger charge is 2.14. The van der Waals surface area contributed by atoms with Crippen molar-refractivity contribution >= 4 is 44.2 Å². The largest absolute Gasteiger partial charge is 0.349 e. The average Bonchev–Trinajstić information content (AvgIpc) is 3.10. The zero-order chi connectivity index (χ0) is 19.9. The van der Waals surface area contributed by atoms with Crippen LogP contribution in [-0.4, -0.2) is 22.8 Å². The zero-order valence-electron chi connectivity index (χ0n) is 15.3. The van der Waals surface area contributed by atoms with Gasteiger partial charge in [0, 0.05) is 40.0 Å². The van der Waals surface area contributed by atoms with Crippen LogP contribution in [0.25, 0.3) is 0 Å². The number of carbonyl (C=O) groups is 2. The van der Waals surface area contributed by atoms with Crippen molar-refractivity contribution in [1.82, 2.24) is 10.3 Å². The summed E-state index contributed by atoms with van der Waals surface area (Å²) in [4.78, 5) is 29.7. The van der Waals surface area contributed by atoms with E-state index in [9.17, 15) is 9.59 Å². The van der Waals surface area contributed by atoms with Crippen molar-refractivity contribution in [2.24, 2.45) is 0 Å². The maximum atomic E-state index is 12.2. The lowest BCUT2D eigenvalue weighted by atomic mass is 10.1. The highest BCUT2D eigenvalue weighted by molar-refractivity contribution is 9.10. The second-order valence-corrected chi connectivity index (χ2v) is 8.46. The highest BCUT2D eigenvalue weighted by atomic mass is 79.9. The molecule has 1 aromatic heterocycles. The van der Waals surface area contributed by atoms with E-state index in [1.165, 1.54) is 16.9 Å². The number of rotatable bonds is 7. The molecule has 2 amide bonds. The number of nitrogens with zero attached hydrogens (tertiary/aromatic N) is 1. The van der Waals surface area contributed by atoms with Crippen LogP contribution in [0.2, 0.25) is 0 Å². The normalized spacial score (nSPS) is 11.6. The van der Waals surface area contributed by atoms with Gasteiger partial charge in [-0.25, -0.2) is 4.98 Å². The number of anilines is 1. The number of carbonyl (C=O) groups excluding carboxylic acids is 2. The predicted molar refractivity (Wildman–Crippen MR) is 116 cm³/mol. The number of thiazole rings is 1. The molecule has 2 aromatic carbocycles. The molecule has 0 saturated carbocycles. The van der Waals surface area contributed by atoms with Crippen LogP contribution in [-0.2, 0) is 11.2 Å². The molecule has 0 radical (unpaired) electrons. The fourth-order valence-electron chi connectivity index (χ4n) is 2.65. The van der Waals surface area contributed by atoms with Crippen molar-refractivity contribution in [3.63, 3.8) is 0 Å². The average molecular weight is 458 g/mol. The molecule has 0 bridgehead atoms. The van der Waals surface area contributed by atoms with Gasteiger partial charge in [0.2, 0.25) is 5.91 Å². The molecular formula is C21H20BrN3O2S. The molecule has 3 rings (SSSR count). The van der Waals surface area contributed by atoms with E-state index in [-0.39, 0.29) is 24.3 Å². The van der Waals surface area contributed by atoms with Crippen LogP contribution >= 0.6 is 27.3 Å². The minimum Gasteiger partial charge on any atom is -0.349 e. The number of aromatic nitrogens is 1. The van der Waals surface area contributed by atoms with E-state index in [1.54, 1.807) is 37.4 Å². The second kappa shape index (κ2) is 9.61. The quantitative estimate of drug-likeness (QED) is 0.542. The van der Waals surface area contributed by atoms with Crippen LogP contribution in [0.1, 0.15) is 34.1 Å². The molecule has 0 aliphatic carbocycles. The van der Waals surface area contributed by atoms with Crippen molar-refractivity contribution in [3.05, 3.63) is 81.3 Å². The summed E-state index contributed by atoms with van der Waals surface area (Å²) in [5.41, 5.74) is 1.76. The van der Waals surface area contributed by atoms with Crippen molar-refractivity contribution in [2.75, 3.05) is 5.32 Å². The molecule has 7 heteroatoms. The zero-order valence-corrected chi connectivity index (χ0v) is 17.7. The summed E-state index contributed by atoms with van der Waals surface area (Å²) < 4.78 is 1.04. The molecular weight excluding hydrogens is 438 g/mol. The summed E-state index contributed by atoms with van der Waals surface area (Å²) in [6.07, 6.45) is 2.73. The van der Waals surface area contributed by atoms with Gasteiger partial charge >= 0.3 is 0 Å². The fraction of sp³-hybridized carbons (Fsp3) is 0.190. The Morgan fingerprint density at radius 2 is 1.82 bits per heavy atom. The lowest BCUT2D eigenvalue weighted by molar-refractivity contribution is -0.116. The van der Waals surface area contributed by atoms with E-state index < -0.39 is 0 Å². The third kappa shape index (κ3) is 6.00. The van der Waals surface area contributed by atoms with Gasteiger partial charge in [0.05, 0.1) is 0 Å². The van der Waals surface area contributed by atoms with E-state index in [4.69, 9.17) is 0 Å². The van der Waals surface area contributed by atoms with Gasteiger partial charge in [0.15, 0.2) is 5.13 Å². The molecule has 0 aliphatic rings. The van der Waals surface area contributed by atoms with Crippen LogP contribution in [0.4, 0.5) is 5.13 Å². The van der Waals surface area contributed by atoms with Gasteiger partial charge in [0.25, 0.3) is 5.91 Å². The predicted octanol–water partition coefficient (Wildman–Crippen LogP) is 4.64. The van der Waals surface area contributed by atoms with Gasteiger partial charge in [0.1, 0.15) is 0 Å². The summed E-state index contributed by atoms with van der Waals surface area (Å²) in [5.74, 6) is -0.364. The minimum absolute atomic E-state index is 0.176. The van der Waals surface area contributed by atoms with Crippen molar-refractivity contribution < 1.29 is 9.59 Å². The molecule has 1 heterocycles. The Morgan fingerprint density at radius 3 is 2.54 bits per heavy atom. The number of halogens is 1. The van der Waals surface area contributed by atoms with Crippen LogP contribution in [0.3, 0.4) is 0 Å². The first-order valence-corrected chi connectivity index (χ1v) is 10.5. The first kappa shape index (κ1) is 20.2. The molecule has 0 spiro atoms. The Morgan fingerprint density at radius 1 is 1.11 bits per heavy atom. The molecule has 28 heavy (non-hydrogen) atoms. The minimum atomic E-state index is -0.282. The van der Waals surface area contributed by atoms with E-state index in [1.807, 2.05) is 18.2 Å². The van der Waals surface area contributed by atoms with Crippen molar-refractivity contribution in [2.45, 2.75) is 25.8 Å². The summed E-state index contributed by atoms with van der Waals surface area (Å²) >= 11 is 4.88. The lowest BCUT2D eigenvalue weighted by Gasteiger charge is -2.13.